The predicted octanol–water partition coefficient (Wildman–Crippen LogP) is 6.97. The predicted molar refractivity (Wildman–Crippen MR) is 143 cm³/mol. The van der Waals surface area contributed by atoms with E-state index in [1.807, 2.05) is 14.2 Å². The molecular formula is C34H34N2O2. The molecule has 0 radical (unpaired) electrons. The highest BCUT2D eigenvalue weighted by atomic mass is 16.5. The first-order valence-electron chi connectivity index (χ1n) is 14.9. The molecule has 0 heterocycles. The number of nitriles is 2. The van der Waals surface area contributed by atoms with E-state index in [1.165, 1.54) is 66.0 Å². The number of ether oxygens (including phenoxy) is 2. The van der Waals surface area contributed by atoms with Crippen molar-refractivity contribution in [2.45, 2.75) is 50.4 Å². The van der Waals surface area contributed by atoms with Crippen LogP contribution in [0.3, 0.4) is 0 Å². The number of methoxy groups -OCH3 is 2. The van der Waals surface area contributed by atoms with Gasteiger partial charge in [0.2, 0.25) is 0 Å². The largest absolute Gasteiger partial charge is 0.496 e. The normalized spacial score (nSPS) is 43.8. The van der Waals surface area contributed by atoms with Crippen molar-refractivity contribution >= 4 is 10.8 Å². The Balaban J connectivity index is 1.12. The van der Waals surface area contributed by atoms with Gasteiger partial charge in [0, 0.05) is 21.9 Å². The van der Waals surface area contributed by atoms with E-state index in [0.29, 0.717) is 29.2 Å². The lowest BCUT2D eigenvalue weighted by Crippen LogP contribution is -2.44. The molecule has 0 N–H and O–H groups in total. The van der Waals surface area contributed by atoms with Gasteiger partial charge in [0.15, 0.2) is 0 Å². The SMILES string of the molecule is COc1c2c(c(OC)c3ccccc13)[C@@H]1C[C@H]2[C@@H]2C[C@H]3[C@@H](C[C@@H]21)[C@@H]1C[C@H]3[C@@H]2[C@H]1[C@@H]1CC[C@H]2C1=C(C#N)C#N. The van der Waals surface area contributed by atoms with Gasteiger partial charge in [0.25, 0.3) is 0 Å². The second-order valence-electron chi connectivity index (χ2n) is 13.6. The topological polar surface area (TPSA) is 66.0 Å². The maximum absolute atomic E-state index is 9.73. The van der Waals surface area contributed by atoms with E-state index in [9.17, 15) is 10.5 Å². The molecule has 7 aliphatic rings. The van der Waals surface area contributed by atoms with E-state index in [-0.39, 0.29) is 0 Å². The molecule has 0 aliphatic heterocycles. The number of rotatable bonds is 2. The van der Waals surface area contributed by atoms with Gasteiger partial charge in [0.05, 0.1) is 14.2 Å². The molecule has 2 aromatic carbocycles. The molecule has 38 heavy (non-hydrogen) atoms. The Morgan fingerprint density at radius 1 is 0.658 bits per heavy atom. The second kappa shape index (κ2) is 7.35. The van der Waals surface area contributed by atoms with E-state index in [4.69, 9.17) is 9.47 Å². The average molecular weight is 503 g/mol. The molecule has 7 aliphatic carbocycles. The second-order valence-corrected chi connectivity index (χ2v) is 13.6. The number of benzene rings is 2. The van der Waals surface area contributed by atoms with Crippen LogP contribution in [0, 0.1) is 81.8 Å². The molecule has 4 heteroatoms. The molecule has 192 valence electrons. The number of allylic oxidation sites excluding steroid dienone is 2. The van der Waals surface area contributed by atoms with Crippen molar-refractivity contribution in [3.63, 3.8) is 0 Å². The minimum atomic E-state index is 0.464. The zero-order chi connectivity index (χ0) is 25.4. The Labute approximate surface area is 224 Å². The minimum Gasteiger partial charge on any atom is -0.496 e. The molecule has 6 saturated carbocycles. The van der Waals surface area contributed by atoms with Crippen LogP contribution in [0.1, 0.15) is 61.5 Å². The highest BCUT2D eigenvalue weighted by Crippen LogP contribution is 2.77. The van der Waals surface area contributed by atoms with E-state index < -0.39 is 0 Å². The Morgan fingerprint density at radius 2 is 1.13 bits per heavy atom. The van der Waals surface area contributed by atoms with Gasteiger partial charge < -0.3 is 9.47 Å². The van der Waals surface area contributed by atoms with Gasteiger partial charge in [-0.1, -0.05) is 24.3 Å². The lowest BCUT2D eigenvalue weighted by Gasteiger charge is -2.50. The summed E-state index contributed by atoms with van der Waals surface area (Å²) in [4.78, 5) is 0. The van der Waals surface area contributed by atoms with Gasteiger partial charge in [-0.15, -0.1) is 0 Å². The van der Waals surface area contributed by atoms with Crippen LogP contribution in [0.5, 0.6) is 11.5 Å². The molecule has 2 aromatic rings. The van der Waals surface area contributed by atoms with Crippen molar-refractivity contribution in [2.75, 3.05) is 14.2 Å². The van der Waals surface area contributed by atoms with Crippen molar-refractivity contribution in [3.05, 3.63) is 46.5 Å². The molecule has 6 fully saturated rings. The summed E-state index contributed by atoms with van der Waals surface area (Å²) >= 11 is 0. The van der Waals surface area contributed by atoms with Crippen LogP contribution >= 0.6 is 0 Å². The zero-order valence-corrected chi connectivity index (χ0v) is 22.2. The first-order chi connectivity index (χ1) is 18.7. The summed E-state index contributed by atoms with van der Waals surface area (Å²) in [6.07, 6.45) is 7.85. The summed E-state index contributed by atoms with van der Waals surface area (Å²) in [5.41, 5.74) is 4.68. The lowest BCUT2D eigenvalue weighted by molar-refractivity contribution is -0.00554. The molecular weight excluding hydrogens is 468 g/mol. The van der Waals surface area contributed by atoms with Crippen molar-refractivity contribution in [1.29, 1.82) is 10.5 Å². The monoisotopic (exact) mass is 502 g/mol. The van der Waals surface area contributed by atoms with Gasteiger partial charge in [-0.25, -0.2) is 0 Å². The third kappa shape index (κ3) is 2.31. The quantitative estimate of drug-likeness (QED) is 0.329. The van der Waals surface area contributed by atoms with Crippen LogP contribution in [-0.2, 0) is 0 Å². The summed E-state index contributed by atoms with van der Waals surface area (Å²) < 4.78 is 12.3. The van der Waals surface area contributed by atoms with Gasteiger partial charge in [-0.05, 0) is 115 Å². The molecule has 6 bridgehead atoms. The van der Waals surface area contributed by atoms with Crippen LogP contribution in [0.2, 0.25) is 0 Å². The van der Waals surface area contributed by atoms with Crippen LogP contribution < -0.4 is 9.47 Å². The lowest BCUT2D eigenvalue weighted by atomic mass is 9.54. The van der Waals surface area contributed by atoms with Crippen molar-refractivity contribution in [2.24, 2.45) is 59.2 Å². The molecule has 0 amide bonds. The van der Waals surface area contributed by atoms with Crippen molar-refractivity contribution < 1.29 is 9.47 Å². The van der Waals surface area contributed by atoms with Crippen molar-refractivity contribution in [3.8, 4) is 23.6 Å². The average Bonchev–Trinajstić information content (AvgIpc) is 3.79. The first-order valence-corrected chi connectivity index (χ1v) is 14.9. The molecule has 0 unspecified atom stereocenters. The molecule has 9 rings (SSSR count). The minimum absolute atomic E-state index is 0.464. The maximum atomic E-state index is 9.73. The fourth-order valence-corrected chi connectivity index (χ4v) is 12.6. The Bertz CT molecular complexity index is 1420. The van der Waals surface area contributed by atoms with E-state index in [0.717, 1.165) is 58.8 Å². The van der Waals surface area contributed by atoms with Gasteiger partial charge in [0.1, 0.15) is 29.2 Å². The molecule has 0 saturated heterocycles. The standard InChI is InChI=1S/C34H34N2O2/c1-37-33-16-5-3-4-6-17(16)34(38-2)32-27-12-26(31(32)33)22-9-20-21(10-23(22)27)25-11-24(20)29-18-7-8-19(30(25)29)28(18)15(13-35)14-36/h3-6,18-27,29-30H,7-12H2,1-2H3/t18-,19+,20-,21+,22+,23-,24+,25-,26-,27+,29+,30-. The fourth-order valence-electron chi connectivity index (χ4n) is 12.6. The molecule has 4 nitrogen and oxygen atoms in total. The van der Waals surface area contributed by atoms with E-state index in [2.05, 4.69) is 36.4 Å². The van der Waals surface area contributed by atoms with Crippen LogP contribution in [0.4, 0.5) is 0 Å². The third-order valence-electron chi connectivity index (χ3n) is 13.2. The summed E-state index contributed by atoms with van der Waals surface area (Å²) in [6.45, 7) is 0. The van der Waals surface area contributed by atoms with Crippen LogP contribution in [0.25, 0.3) is 10.8 Å². The Kier molecular flexibility index (Phi) is 4.24. The van der Waals surface area contributed by atoms with Crippen molar-refractivity contribution in [1.82, 2.24) is 0 Å². The van der Waals surface area contributed by atoms with E-state index in [1.54, 1.807) is 0 Å². The van der Waals surface area contributed by atoms with Crippen LogP contribution in [-0.4, -0.2) is 14.2 Å². The Hall–Kier alpha value is -2.98. The zero-order valence-electron chi connectivity index (χ0n) is 22.2. The molecule has 0 aromatic heterocycles. The number of hydrogen-bond acceptors (Lipinski definition) is 4. The highest BCUT2D eigenvalue weighted by molar-refractivity contribution is 5.97. The number of nitrogens with zero attached hydrogens (tertiary/aromatic N) is 2. The highest BCUT2D eigenvalue weighted by Gasteiger charge is 2.70. The number of hydrogen-bond donors (Lipinski definition) is 0. The summed E-state index contributed by atoms with van der Waals surface area (Å²) in [7, 11) is 3.70. The summed E-state index contributed by atoms with van der Waals surface area (Å²) in [5.74, 6) is 10.7. The first kappa shape index (κ1) is 21.9. The molecule has 12 atom stereocenters. The maximum Gasteiger partial charge on any atom is 0.130 e. The van der Waals surface area contributed by atoms with Crippen LogP contribution in [0.15, 0.2) is 35.4 Å². The fraction of sp³-hybridized carbons (Fsp3) is 0.588. The number of fused-ring (bicyclic) bond motifs is 21. The summed E-state index contributed by atoms with van der Waals surface area (Å²) in [5, 5.41) is 21.8. The summed E-state index contributed by atoms with van der Waals surface area (Å²) in [6, 6.07) is 13.2. The van der Waals surface area contributed by atoms with Gasteiger partial charge in [-0.2, -0.15) is 10.5 Å². The third-order valence-corrected chi connectivity index (χ3v) is 13.2. The van der Waals surface area contributed by atoms with Gasteiger partial charge >= 0.3 is 0 Å². The Morgan fingerprint density at radius 3 is 1.58 bits per heavy atom. The van der Waals surface area contributed by atoms with Gasteiger partial charge in [-0.3, -0.25) is 0 Å². The molecule has 0 spiro atoms. The van der Waals surface area contributed by atoms with E-state index >= 15 is 0 Å². The smallest absolute Gasteiger partial charge is 0.130 e.